The highest BCUT2D eigenvalue weighted by molar-refractivity contribution is 9.10. The molecule has 1 fully saturated rings. The molecule has 20 heavy (non-hydrogen) atoms. The highest BCUT2D eigenvalue weighted by Crippen LogP contribution is 2.42. The largest absolute Gasteiger partial charge is 0.268 e. The van der Waals surface area contributed by atoms with Crippen LogP contribution < -0.4 is 0 Å². The van der Waals surface area contributed by atoms with Gasteiger partial charge < -0.3 is 0 Å². The minimum absolute atomic E-state index is 0.188. The van der Waals surface area contributed by atoms with Crippen LogP contribution in [0, 0.1) is 22.7 Å². The fraction of sp³-hybridized carbons (Fsp3) is 0.750. The lowest BCUT2D eigenvalue weighted by Gasteiger charge is -2.33. The van der Waals surface area contributed by atoms with Crippen molar-refractivity contribution < 1.29 is 0 Å². The Labute approximate surface area is 130 Å². The molecule has 0 spiro atoms. The fourth-order valence-corrected chi connectivity index (χ4v) is 3.85. The molecule has 0 saturated heterocycles. The molecule has 1 heterocycles. The Hall–Kier alpha value is -0.820. The summed E-state index contributed by atoms with van der Waals surface area (Å²) in [6, 6.07) is 2.63. The van der Waals surface area contributed by atoms with Gasteiger partial charge in [-0.1, -0.05) is 13.8 Å². The second-order valence-electron chi connectivity index (χ2n) is 6.13. The third-order valence-corrected chi connectivity index (χ3v) is 5.58. The first kappa shape index (κ1) is 15.6. The average Bonchev–Trinajstić information content (AvgIpc) is 2.78. The smallest absolute Gasteiger partial charge is 0.0766 e. The molecular formula is C16H24BrN3. The van der Waals surface area contributed by atoms with Crippen molar-refractivity contribution in [1.29, 1.82) is 5.26 Å². The van der Waals surface area contributed by atoms with E-state index >= 15 is 0 Å². The third-order valence-electron chi connectivity index (χ3n) is 4.67. The van der Waals surface area contributed by atoms with Crippen LogP contribution in [0.15, 0.2) is 4.47 Å². The van der Waals surface area contributed by atoms with E-state index in [9.17, 15) is 5.26 Å². The highest BCUT2D eigenvalue weighted by atomic mass is 79.9. The predicted octanol–water partition coefficient (Wildman–Crippen LogP) is 4.49. The van der Waals surface area contributed by atoms with E-state index in [4.69, 9.17) is 0 Å². The summed E-state index contributed by atoms with van der Waals surface area (Å²) in [7, 11) is 0. The van der Waals surface area contributed by atoms with Crippen molar-refractivity contribution in [3.63, 3.8) is 0 Å². The standard InChI is InChI=1S/C16H24BrN3/c1-4-13-15(17)14(20(5-2)19-13)10-16(11-18)8-6-12(3)7-9-16/h12H,4-10H2,1-3H3. The monoisotopic (exact) mass is 337 g/mol. The summed E-state index contributed by atoms with van der Waals surface area (Å²) in [4.78, 5) is 0. The predicted molar refractivity (Wildman–Crippen MR) is 84.4 cm³/mol. The molecule has 0 radical (unpaired) electrons. The topological polar surface area (TPSA) is 41.6 Å². The van der Waals surface area contributed by atoms with Gasteiger partial charge in [0.1, 0.15) is 0 Å². The van der Waals surface area contributed by atoms with Gasteiger partial charge in [0.15, 0.2) is 0 Å². The van der Waals surface area contributed by atoms with Gasteiger partial charge in [-0.3, -0.25) is 4.68 Å². The molecule has 1 saturated carbocycles. The molecule has 0 N–H and O–H groups in total. The van der Waals surface area contributed by atoms with Crippen molar-refractivity contribution in [2.75, 3.05) is 0 Å². The first-order chi connectivity index (χ1) is 9.55. The molecule has 0 bridgehead atoms. The van der Waals surface area contributed by atoms with Gasteiger partial charge in [0, 0.05) is 13.0 Å². The number of hydrogen-bond donors (Lipinski definition) is 0. The molecule has 0 atom stereocenters. The van der Waals surface area contributed by atoms with Crippen molar-refractivity contribution in [1.82, 2.24) is 9.78 Å². The number of aromatic nitrogens is 2. The van der Waals surface area contributed by atoms with E-state index in [-0.39, 0.29) is 5.41 Å². The lowest BCUT2D eigenvalue weighted by atomic mass is 9.69. The van der Waals surface area contributed by atoms with Crippen molar-refractivity contribution in [3.8, 4) is 6.07 Å². The van der Waals surface area contributed by atoms with Gasteiger partial charge in [-0.15, -0.1) is 0 Å². The first-order valence-corrected chi connectivity index (χ1v) is 8.49. The fourth-order valence-electron chi connectivity index (χ4n) is 3.15. The number of rotatable bonds is 4. The molecule has 4 heteroatoms. The van der Waals surface area contributed by atoms with Crippen LogP contribution in [0.2, 0.25) is 0 Å². The molecule has 1 aromatic rings. The number of hydrogen-bond acceptors (Lipinski definition) is 2. The molecule has 1 aliphatic carbocycles. The molecule has 1 aromatic heterocycles. The number of aryl methyl sites for hydroxylation is 2. The molecule has 1 aliphatic rings. The van der Waals surface area contributed by atoms with E-state index < -0.39 is 0 Å². The zero-order valence-electron chi connectivity index (χ0n) is 12.7. The number of nitrogens with zero attached hydrogens (tertiary/aromatic N) is 3. The van der Waals surface area contributed by atoms with Crippen LogP contribution in [0.1, 0.15) is 57.8 Å². The van der Waals surface area contributed by atoms with Crippen LogP contribution in [0.25, 0.3) is 0 Å². The van der Waals surface area contributed by atoms with Crippen LogP contribution in [-0.2, 0) is 19.4 Å². The van der Waals surface area contributed by atoms with Crippen LogP contribution in [-0.4, -0.2) is 9.78 Å². The average molecular weight is 338 g/mol. The van der Waals surface area contributed by atoms with Crippen LogP contribution >= 0.6 is 15.9 Å². The van der Waals surface area contributed by atoms with Gasteiger partial charge in [0.25, 0.3) is 0 Å². The summed E-state index contributed by atoms with van der Waals surface area (Å²) in [5.74, 6) is 0.766. The third kappa shape index (κ3) is 2.93. The molecule has 0 unspecified atom stereocenters. The molecule has 2 rings (SSSR count). The maximum Gasteiger partial charge on any atom is 0.0766 e. The van der Waals surface area contributed by atoms with Gasteiger partial charge in [0.2, 0.25) is 0 Å². The van der Waals surface area contributed by atoms with Gasteiger partial charge in [0.05, 0.1) is 27.3 Å². The van der Waals surface area contributed by atoms with Crippen LogP contribution in [0.4, 0.5) is 0 Å². The zero-order chi connectivity index (χ0) is 14.8. The minimum Gasteiger partial charge on any atom is -0.268 e. The molecule has 0 aliphatic heterocycles. The van der Waals surface area contributed by atoms with E-state index in [1.54, 1.807) is 0 Å². The van der Waals surface area contributed by atoms with E-state index in [1.807, 2.05) is 0 Å². The highest BCUT2D eigenvalue weighted by Gasteiger charge is 2.36. The molecule has 110 valence electrons. The van der Waals surface area contributed by atoms with Crippen molar-refractivity contribution in [3.05, 3.63) is 15.9 Å². The summed E-state index contributed by atoms with van der Waals surface area (Å²) >= 11 is 3.70. The molecule has 3 nitrogen and oxygen atoms in total. The summed E-state index contributed by atoms with van der Waals surface area (Å²) in [5.41, 5.74) is 2.13. The molecule has 0 amide bonds. The SMILES string of the molecule is CCc1nn(CC)c(CC2(C#N)CCC(C)CC2)c1Br. The quantitative estimate of drug-likeness (QED) is 0.812. The Morgan fingerprint density at radius 1 is 1.40 bits per heavy atom. The Morgan fingerprint density at radius 2 is 2.05 bits per heavy atom. The van der Waals surface area contributed by atoms with Crippen molar-refractivity contribution in [2.24, 2.45) is 11.3 Å². The van der Waals surface area contributed by atoms with Gasteiger partial charge in [-0.2, -0.15) is 10.4 Å². The van der Waals surface area contributed by atoms with Crippen molar-refractivity contribution >= 4 is 15.9 Å². The second-order valence-corrected chi connectivity index (χ2v) is 6.92. The Bertz CT molecular complexity index is 505. The maximum absolute atomic E-state index is 9.71. The summed E-state index contributed by atoms with van der Waals surface area (Å²) in [6.45, 7) is 7.40. The van der Waals surface area contributed by atoms with E-state index in [1.165, 1.54) is 18.5 Å². The van der Waals surface area contributed by atoms with Crippen molar-refractivity contribution in [2.45, 2.75) is 65.8 Å². The Morgan fingerprint density at radius 3 is 2.55 bits per heavy atom. The van der Waals surface area contributed by atoms with Gasteiger partial charge in [-0.05, 0) is 60.9 Å². The Balaban J connectivity index is 2.28. The van der Waals surface area contributed by atoms with Gasteiger partial charge >= 0.3 is 0 Å². The van der Waals surface area contributed by atoms with E-state index in [2.05, 4.69) is 52.6 Å². The number of nitriles is 1. The summed E-state index contributed by atoms with van der Waals surface area (Å²) in [6.07, 6.45) is 6.15. The normalized spacial score (nSPS) is 26.4. The summed E-state index contributed by atoms with van der Waals surface area (Å²) < 4.78 is 3.19. The molecular weight excluding hydrogens is 314 g/mol. The van der Waals surface area contributed by atoms with E-state index in [0.29, 0.717) is 0 Å². The lowest BCUT2D eigenvalue weighted by molar-refractivity contribution is 0.215. The van der Waals surface area contributed by atoms with Crippen LogP contribution in [0.3, 0.4) is 0 Å². The second kappa shape index (κ2) is 6.30. The van der Waals surface area contributed by atoms with E-state index in [0.717, 1.165) is 48.3 Å². The molecule has 0 aromatic carbocycles. The minimum atomic E-state index is -0.188. The summed E-state index contributed by atoms with van der Waals surface area (Å²) in [5, 5.41) is 14.4. The lowest BCUT2D eigenvalue weighted by Crippen LogP contribution is -2.28. The van der Waals surface area contributed by atoms with Crippen LogP contribution in [0.5, 0.6) is 0 Å². The first-order valence-electron chi connectivity index (χ1n) is 7.70. The zero-order valence-corrected chi connectivity index (χ0v) is 14.3. The Kier molecular flexibility index (Phi) is 4.90. The number of halogens is 1. The van der Waals surface area contributed by atoms with Gasteiger partial charge in [-0.25, -0.2) is 0 Å². The maximum atomic E-state index is 9.71.